The van der Waals surface area contributed by atoms with E-state index in [1.165, 1.54) is 35.6 Å². The van der Waals surface area contributed by atoms with Crippen molar-refractivity contribution in [3.8, 4) is 0 Å². The van der Waals surface area contributed by atoms with Gasteiger partial charge in [0.25, 0.3) is 0 Å². The Balaban J connectivity index is 0.893. The number of aliphatic hydroxyl groups excluding tert-OH is 2. The molecule has 2 aliphatic carbocycles. The fourth-order valence-electron chi connectivity index (χ4n) is 13.3. The van der Waals surface area contributed by atoms with Gasteiger partial charge in [0.05, 0.1) is 50.8 Å². The quantitative estimate of drug-likeness (QED) is 0.0605. The Hall–Kier alpha value is -7.59. The first-order valence-corrected chi connectivity index (χ1v) is 26.8. The number of fused-ring (bicyclic) bond motifs is 9. The molecule has 6 aliphatic rings. The molecule has 382 valence electrons. The summed E-state index contributed by atoms with van der Waals surface area (Å²) in [6, 6.07) is 26.7. The molecule has 75 heavy (non-hydrogen) atoms. The van der Waals surface area contributed by atoms with Gasteiger partial charge in [-0.1, -0.05) is 109 Å². The van der Waals surface area contributed by atoms with E-state index in [0.29, 0.717) is 17.6 Å². The van der Waals surface area contributed by atoms with Crippen LogP contribution in [0.4, 0.5) is 22.7 Å². The van der Waals surface area contributed by atoms with Crippen LogP contribution in [-0.4, -0.2) is 80.6 Å². The molecule has 0 spiro atoms. The number of likely N-dealkylation sites (N-methyl/N-ethyl adjacent to an activating group) is 2. The summed E-state index contributed by atoms with van der Waals surface area (Å²) < 4.78 is 4.35. The molecule has 3 N–H and O–H groups in total. The number of carbonyl (C=O) groups is 3. The summed E-state index contributed by atoms with van der Waals surface area (Å²) in [6.45, 7) is 18.6. The van der Waals surface area contributed by atoms with Gasteiger partial charge in [-0.05, 0) is 85.5 Å². The SMILES string of the molecule is CCCCCCCC[N+]1=C(/C=C2\C(=O)C(/C=C3/N(C)c4c(ccc5c6c(ccc45)CC(/C=C4/C(=O)C(/C=C5/N(CC)c7ccc8ccccc8c7C5(C)C)=C4O)=[N+]6C)C3(C)C)=C2O)C(C)(C)c2cc(C(=O)O)ccc21. The molecule has 4 heterocycles. The van der Waals surface area contributed by atoms with Crippen molar-refractivity contribution in [2.75, 3.05) is 37.0 Å². The number of carbonyl (C=O) groups excluding carboxylic acids is 2. The Morgan fingerprint density at radius 1 is 0.693 bits per heavy atom. The summed E-state index contributed by atoms with van der Waals surface area (Å²) in [5.41, 5.74) is 12.0. The lowest BCUT2D eigenvalue weighted by Gasteiger charge is -2.28. The van der Waals surface area contributed by atoms with Gasteiger partial charge in [0, 0.05) is 82.7 Å². The van der Waals surface area contributed by atoms with E-state index in [0.717, 1.165) is 105 Å². The van der Waals surface area contributed by atoms with E-state index in [9.17, 15) is 29.7 Å². The summed E-state index contributed by atoms with van der Waals surface area (Å²) in [5, 5.41) is 37.8. The summed E-state index contributed by atoms with van der Waals surface area (Å²) in [6.07, 6.45) is 14.8. The largest absolute Gasteiger partial charge is 0.506 e. The number of aromatic carboxylic acids is 1. The third-order valence-electron chi connectivity index (χ3n) is 17.5. The molecule has 0 aromatic heterocycles. The lowest BCUT2D eigenvalue weighted by Crippen LogP contribution is -2.32. The van der Waals surface area contributed by atoms with E-state index < -0.39 is 22.2 Å². The van der Waals surface area contributed by atoms with Crippen molar-refractivity contribution >= 4 is 73.3 Å². The molecule has 0 saturated heterocycles. The number of rotatable bonds is 13. The third-order valence-corrected chi connectivity index (χ3v) is 17.5. The molecule has 10 heteroatoms. The van der Waals surface area contributed by atoms with Gasteiger partial charge in [0.1, 0.15) is 25.1 Å². The van der Waals surface area contributed by atoms with Crippen molar-refractivity contribution in [2.45, 2.75) is 117 Å². The number of ketones is 2. The number of aliphatic hydroxyl groups is 2. The second kappa shape index (κ2) is 17.8. The van der Waals surface area contributed by atoms with Gasteiger partial charge in [-0.15, -0.1) is 0 Å². The smallest absolute Gasteiger partial charge is 0.335 e. The number of benzene rings is 5. The predicted molar refractivity (Wildman–Crippen MR) is 301 cm³/mol. The van der Waals surface area contributed by atoms with Crippen molar-refractivity contribution in [3.63, 3.8) is 0 Å². The maximum Gasteiger partial charge on any atom is 0.335 e. The molecule has 0 fully saturated rings. The van der Waals surface area contributed by atoms with E-state index in [1.807, 2.05) is 44.5 Å². The molecule has 10 nitrogen and oxygen atoms in total. The summed E-state index contributed by atoms with van der Waals surface area (Å²) in [5.74, 6) is -1.41. The van der Waals surface area contributed by atoms with Crippen LogP contribution in [0.1, 0.15) is 127 Å². The van der Waals surface area contributed by atoms with E-state index in [2.05, 4.69) is 135 Å². The van der Waals surface area contributed by atoms with Gasteiger partial charge in [0.15, 0.2) is 11.4 Å². The number of nitrogens with zero attached hydrogens (tertiary/aromatic N) is 4. The van der Waals surface area contributed by atoms with Gasteiger partial charge in [0.2, 0.25) is 22.9 Å². The number of anilines is 2. The molecule has 5 aromatic carbocycles. The van der Waals surface area contributed by atoms with E-state index in [4.69, 9.17) is 0 Å². The minimum absolute atomic E-state index is 0.0184. The highest BCUT2D eigenvalue weighted by molar-refractivity contribution is 6.25. The van der Waals surface area contributed by atoms with Gasteiger partial charge >= 0.3 is 5.97 Å². The lowest BCUT2D eigenvalue weighted by atomic mass is 9.77. The minimum Gasteiger partial charge on any atom is -0.506 e. The zero-order chi connectivity index (χ0) is 53.2. The standard InChI is InChI=1S/C65H66N4O6/c1-11-13-14-15-16-19-30-69-50-28-24-39(62(74)75)32-49(50)64(5,6)53(69)35-46-60(72)45(61(46)73)34-52-63(3,4)48-27-26-42-43(57(48)67(52)10)25-22-38-31-40(66(9)56(38)42)33-44-58(70)47(59(44)71)36-54-65(7,8)55-41-21-18-17-20-37(41)23-29-51(55)68(54)12-2/h17-18,20-29,32-36H,11-16,19,30-31H2,1-10H3,(H-2,70,71,72,73,74,75)/p+2. The Morgan fingerprint density at radius 2 is 1.36 bits per heavy atom. The highest BCUT2D eigenvalue weighted by atomic mass is 16.4. The number of carboxylic acid groups (broad SMARTS) is 1. The van der Waals surface area contributed by atoms with Crippen LogP contribution in [0.5, 0.6) is 0 Å². The molecule has 0 bridgehead atoms. The third kappa shape index (κ3) is 7.37. The van der Waals surface area contributed by atoms with E-state index in [1.54, 1.807) is 12.1 Å². The molecular formula is C65H68N4O6+2. The van der Waals surface area contributed by atoms with E-state index >= 15 is 0 Å². The first-order valence-electron chi connectivity index (χ1n) is 26.8. The van der Waals surface area contributed by atoms with Gasteiger partial charge < -0.3 is 25.1 Å². The van der Waals surface area contributed by atoms with Crippen LogP contribution >= 0.6 is 0 Å². The predicted octanol–water partition coefficient (Wildman–Crippen LogP) is 13.4. The Bertz CT molecular complexity index is 3700. The fraction of sp³-hybridized carbons (Fsp3) is 0.338. The average Bonchev–Trinajstić information content (AvgIpc) is 4.01. The molecular weight excluding hydrogens is 933 g/mol. The van der Waals surface area contributed by atoms with Crippen LogP contribution in [0.25, 0.3) is 21.5 Å². The Labute approximate surface area is 440 Å². The van der Waals surface area contributed by atoms with Crippen molar-refractivity contribution in [3.05, 3.63) is 176 Å². The Kier molecular flexibility index (Phi) is 11.8. The zero-order valence-electron chi connectivity index (χ0n) is 45.0. The molecule has 0 amide bonds. The van der Waals surface area contributed by atoms with Crippen LogP contribution in [0.15, 0.2) is 148 Å². The van der Waals surface area contributed by atoms with Crippen molar-refractivity contribution < 1.29 is 38.9 Å². The maximum atomic E-state index is 14.3. The van der Waals surface area contributed by atoms with Crippen molar-refractivity contribution in [1.82, 2.24) is 0 Å². The van der Waals surface area contributed by atoms with Crippen molar-refractivity contribution in [2.24, 2.45) is 0 Å². The number of hydrogen-bond donors (Lipinski definition) is 3. The van der Waals surface area contributed by atoms with Gasteiger partial charge in [-0.3, -0.25) is 9.59 Å². The number of allylic oxidation sites excluding steroid dienone is 10. The van der Waals surface area contributed by atoms with Gasteiger partial charge in [-0.2, -0.15) is 9.15 Å². The van der Waals surface area contributed by atoms with Crippen LogP contribution in [0.3, 0.4) is 0 Å². The highest BCUT2D eigenvalue weighted by Crippen LogP contribution is 2.54. The normalized spacial score (nSPS) is 21.2. The highest BCUT2D eigenvalue weighted by Gasteiger charge is 2.49. The first kappa shape index (κ1) is 49.6. The molecule has 5 aromatic rings. The monoisotopic (exact) mass is 1000 g/mol. The second-order valence-electron chi connectivity index (χ2n) is 22.9. The molecule has 11 rings (SSSR count). The zero-order valence-corrected chi connectivity index (χ0v) is 45.0. The average molecular weight is 1000 g/mol. The second-order valence-corrected chi connectivity index (χ2v) is 22.9. The minimum atomic E-state index is -0.985. The maximum absolute atomic E-state index is 14.3. The van der Waals surface area contributed by atoms with Crippen molar-refractivity contribution in [1.29, 1.82) is 0 Å². The number of Topliss-reactive ketones (excluding diaryl/α,β-unsaturated/α-hetero) is 2. The van der Waals surface area contributed by atoms with Crippen LogP contribution in [0.2, 0.25) is 0 Å². The number of hydrogen-bond acceptors (Lipinski definition) is 7. The first-order chi connectivity index (χ1) is 35.7. The van der Waals surface area contributed by atoms with E-state index in [-0.39, 0.29) is 39.8 Å². The molecule has 0 radical (unpaired) electrons. The topological polar surface area (TPSA) is 124 Å². The van der Waals surface area contributed by atoms with Crippen LogP contribution in [-0.2, 0) is 32.3 Å². The van der Waals surface area contributed by atoms with Gasteiger partial charge in [-0.25, -0.2) is 4.79 Å². The lowest BCUT2D eigenvalue weighted by molar-refractivity contribution is -0.438. The molecule has 0 saturated carbocycles. The van der Waals surface area contributed by atoms with Crippen LogP contribution in [0, 0.1) is 0 Å². The number of unbranched alkanes of at least 4 members (excludes halogenated alkanes) is 5. The number of carboxylic acids is 1. The fourth-order valence-corrected chi connectivity index (χ4v) is 13.3. The summed E-state index contributed by atoms with van der Waals surface area (Å²) in [4.78, 5) is 44.8. The summed E-state index contributed by atoms with van der Waals surface area (Å²) >= 11 is 0. The molecule has 0 unspecified atom stereocenters. The molecule has 0 atom stereocenters. The van der Waals surface area contributed by atoms with Crippen LogP contribution < -0.4 is 9.80 Å². The summed E-state index contributed by atoms with van der Waals surface area (Å²) in [7, 11) is 4.04. The molecule has 4 aliphatic heterocycles. The Morgan fingerprint density at radius 3 is 2.05 bits per heavy atom.